The second-order valence-corrected chi connectivity index (χ2v) is 7.08. The molecular weight excluding hydrogens is 286 g/mol. The van der Waals surface area contributed by atoms with E-state index in [4.69, 9.17) is 5.73 Å². The fourth-order valence-electron chi connectivity index (χ4n) is 5.04. The highest BCUT2D eigenvalue weighted by Crippen LogP contribution is 2.50. The summed E-state index contributed by atoms with van der Waals surface area (Å²) >= 11 is 0. The molecule has 0 saturated carbocycles. The largest absolute Gasteiger partial charge is 0.369 e. The van der Waals surface area contributed by atoms with E-state index in [-0.39, 0.29) is 5.91 Å². The molecule has 1 amide bonds. The van der Waals surface area contributed by atoms with Crippen molar-refractivity contribution in [3.8, 4) is 0 Å². The van der Waals surface area contributed by atoms with Crippen LogP contribution in [0.5, 0.6) is 0 Å². The van der Waals surface area contributed by atoms with Gasteiger partial charge in [0.2, 0.25) is 5.91 Å². The lowest BCUT2D eigenvalue weighted by molar-refractivity contribution is -0.117. The number of nitrogens with two attached hydrogens (primary N) is 1. The average molecular weight is 307 g/mol. The van der Waals surface area contributed by atoms with Crippen LogP contribution in [-0.4, -0.2) is 28.5 Å². The number of para-hydroxylation sites is 1. The number of carbonyl (C=O) groups is 1. The van der Waals surface area contributed by atoms with Gasteiger partial charge in [-0.2, -0.15) is 0 Å². The number of benzene rings is 1. The number of hydrogen-bond acceptors (Lipinski definition) is 2. The summed E-state index contributed by atoms with van der Waals surface area (Å²) in [4.78, 5) is 14.2. The molecule has 1 saturated heterocycles. The number of aromatic nitrogens is 1. The van der Waals surface area contributed by atoms with Crippen molar-refractivity contribution in [3.63, 3.8) is 0 Å². The van der Waals surface area contributed by atoms with Crippen LogP contribution in [0.25, 0.3) is 17.1 Å². The SMILES string of the molecule is NC(=O)CC1=Cn2c3c(c4ccccc42)CCN2CCC[C@H]1[C@H]32. The first-order valence-corrected chi connectivity index (χ1v) is 8.58. The van der Waals surface area contributed by atoms with Gasteiger partial charge in [-0.3, -0.25) is 9.69 Å². The topological polar surface area (TPSA) is 51.3 Å². The zero-order valence-electron chi connectivity index (χ0n) is 13.2. The maximum atomic E-state index is 11.6. The molecule has 2 N–H and O–H groups in total. The molecule has 3 aliphatic heterocycles. The summed E-state index contributed by atoms with van der Waals surface area (Å²) in [6, 6.07) is 9.09. The second kappa shape index (κ2) is 4.71. The van der Waals surface area contributed by atoms with Crippen LogP contribution in [0.4, 0.5) is 0 Å². The predicted octanol–water partition coefficient (Wildman–Crippen LogP) is 2.68. The minimum Gasteiger partial charge on any atom is -0.369 e. The molecule has 118 valence electrons. The molecule has 23 heavy (non-hydrogen) atoms. The number of carbonyl (C=O) groups excluding carboxylic acids is 1. The summed E-state index contributed by atoms with van der Waals surface area (Å²) in [5.41, 5.74) is 11.0. The van der Waals surface area contributed by atoms with E-state index >= 15 is 0 Å². The Bertz CT molecular complexity index is 848. The van der Waals surface area contributed by atoms with E-state index in [0.29, 0.717) is 18.4 Å². The van der Waals surface area contributed by atoms with Gasteiger partial charge in [0.05, 0.1) is 11.6 Å². The number of hydrogen-bond donors (Lipinski definition) is 1. The molecule has 0 unspecified atom stereocenters. The van der Waals surface area contributed by atoms with Gasteiger partial charge in [0.1, 0.15) is 0 Å². The van der Waals surface area contributed by atoms with Gasteiger partial charge >= 0.3 is 0 Å². The van der Waals surface area contributed by atoms with E-state index in [0.717, 1.165) is 13.0 Å². The van der Waals surface area contributed by atoms with Crippen LogP contribution in [0.2, 0.25) is 0 Å². The van der Waals surface area contributed by atoms with Crippen LogP contribution in [0, 0.1) is 5.92 Å². The maximum Gasteiger partial charge on any atom is 0.221 e. The van der Waals surface area contributed by atoms with Gasteiger partial charge in [0.15, 0.2) is 0 Å². The Morgan fingerprint density at radius 3 is 3.00 bits per heavy atom. The van der Waals surface area contributed by atoms with Gasteiger partial charge in [-0.1, -0.05) is 18.2 Å². The van der Waals surface area contributed by atoms with Gasteiger partial charge in [-0.15, -0.1) is 0 Å². The lowest BCUT2D eigenvalue weighted by Crippen LogP contribution is -2.46. The van der Waals surface area contributed by atoms with E-state index in [2.05, 4.69) is 39.9 Å². The Morgan fingerprint density at radius 1 is 1.26 bits per heavy atom. The molecule has 0 radical (unpaired) electrons. The lowest BCUT2D eigenvalue weighted by atomic mass is 9.76. The monoisotopic (exact) mass is 307 g/mol. The average Bonchev–Trinajstić information content (AvgIpc) is 2.88. The smallest absolute Gasteiger partial charge is 0.221 e. The summed E-state index contributed by atoms with van der Waals surface area (Å²) in [6.07, 6.45) is 6.11. The van der Waals surface area contributed by atoms with Crippen LogP contribution >= 0.6 is 0 Å². The second-order valence-electron chi connectivity index (χ2n) is 7.08. The van der Waals surface area contributed by atoms with Crippen molar-refractivity contribution in [2.45, 2.75) is 31.7 Å². The molecule has 0 spiro atoms. The Labute approximate surface area is 135 Å². The third kappa shape index (κ3) is 1.78. The van der Waals surface area contributed by atoms with Crippen molar-refractivity contribution in [1.29, 1.82) is 0 Å². The molecule has 4 heteroatoms. The van der Waals surface area contributed by atoms with Crippen LogP contribution < -0.4 is 5.73 Å². The van der Waals surface area contributed by atoms with Crippen molar-refractivity contribution in [2.24, 2.45) is 11.7 Å². The molecule has 1 aromatic carbocycles. The first kappa shape index (κ1) is 13.4. The third-order valence-electron chi connectivity index (χ3n) is 5.87. The standard InChI is InChI=1S/C19H21N3O/c20-17(23)10-12-11-22-16-6-2-1-4-14(16)15-7-9-21-8-3-5-13(12)18(21)19(15)22/h1-2,4,6,11,13,18H,3,5,7-10H2,(H2,20,23)/t13-,18-/m1/s1. The number of primary amides is 1. The first-order valence-electron chi connectivity index (χ1n) is 8.58. The van der Waals surface area contributed by atoms with Crippen LogP contribution in [0.15, 0.2) is 29.8 Å². The minimum absolute atomic E-state index is 0.218. The Morgan fingerprint density at radius 2 is 2.13 bits per heavy atom. The summed E-state index contributed by atoms with van der Waals surface area (Å²) < 4.78 is 2.35. The molecule has 4 nitrogen and oxygen atoms in total. The quantitative estimate of drug-likeness (QED) is 0.927. The Hall–Kier alpha value is -2.07. The molecule has 4 heterocycles. The molecule has 5 rings (SSSR count). The van der Waals surface area contributed by atoms with E-state index in [9.17, 15) is 4.79 Å². The first-order chi connectivity index (χ1) is 11.2. The lowest BCUT2D eigenvalue weighted by Gasteiger charge is -2.47. The molecule has 1 fully saturated rings. The number of rotatable bonds is 2. The van der Waals surface area contributed by atoms with E-state index in [1.807, 2.05) is 0 Å². The summed E-state index contributed by atoms with van der Waals surface area (Å²) in [6.45, 7) is 2.30. The summed E-state index contributed by atoms with van der Waals surface area (Å²) in [5.74, 6) is 0.233. The number of fused-ring (bicyclic) bond motifs is 3. The Kier molecular flexibility index (Phi) is 2.74. The number of amides is 1. The normalized spacial score (nSPS) is 26.0. The number of nitrogens with zero attached hydrogens (tertiary/aromatic N) is 2. The van der Waals surface area contributed by atoms with Crippen LogP contribution in [0.1, 0.15) is 36.6 Å². The Balaban J connectivity index is 1.80. The summed E-state index contributed by atoms with van der Waals surface area (Å²) in [5, 5.41) is 1.38. The molecule has 3 aliphatic rings. The van der Waals surface area contributed by atoms with Crippen molar-refractivity contribution in [3.05, 3.63) is 41.1 Å². The van der Waals surface area contributed by atoms with E-state index in [1.165, 1.54) is 47.1 Å². The van der Waals surface area contributed by atoms with Gasteiger partial charge in [-0.05, 0) is 43.0 Å². The third-order valence-corrected chi connectivity index (χ3v) is 5.87. The highest BCUT2D eigenvalue weighted by molar-refractivity contribution is 5.89. The van der Waals surface area contributed by atoms with Gasteiger partial charge in [0, 0.05) is 36.2 Å². The van der Waals surface area contributed by atoms with Crippen LogP contribution in [-0.2, 0) is 11.2 Å². The van der Waals surface area contributed by atoms with Crippen molar-refractivity contribution in [2.75, 3.05) is 13.1 Å². The molecule has 0 bridgehead atoms. The fourth-order valence-corrected chi connectivity index (χ4v) is 5.04. The maximum absolute atomic E-state index is 11.6. The molecule has 0 aliphatic carbocycles. The highest BCUT2D eigenvalue weighted by atomic mass is 16.1. The highest BCUT2D eigenvalue weighted by Gasteiger charge is 2.43. The van der Waals surface area contributed by atoms with Gasteiger partial charge in [0.25, 0.3) is 0 Å². The van der Waals surface area contributed by atoms with Crippen LogP contribution in [0.3, 0.4) is 0 Å². The number of piperidine rings is 1. The predicted molar refractivity (Wildman–Crippen MR) is 90.8 cm³/mol. The van der Waals surface area contributed by atoms with Gasteiger partial charge in [-0.25, -0.2) is 0 Å². The summed E-state index contributed by atoms with van der Waals surface area (Å²) in [7, 11) is 0. The van der Waals surface area contributed by atoms with Crippen molar-refractivity contribution < 1.29 is 4.79 Å². The zero-order valence-corrected chi connectivity index (χ0v) is 13.2. The van der Waals surface area contributed by atoms with E-state index < -0.39 is 0 Å². The minimum atomic E-state index is -0.218. The van der Waals surface area contributed by atoms with E-state index in [1.54, 1.807) is 0 Å². The molecule has 2 atom stereocenters. The zero-order chi connectivity index (χ0) is 15.6. The molecular formula is C19H21N3O. The molecule has 1 aromatic heterocycles. The molecule has 2 aromatic rings. The van der Waals surface area contributed by atoms with Crippen molar-refractivity contribution >= 4 is 23.0 Å². The van der Waals surface area contributed by atoms with Crippen molar-refractivity contribution in [1.82, 2.24) is 9.47 Å². The fraction of sp³-hybridized carbons (Fsp3) is 0.421. The van der Waals surface area contributed by atoms with Gasteiger partial charge < -0.3 is 10.3 Å².